The molecular weight excluding hydrogens is 283 g/mol. The van der Waals surface area contributed by atoms with E-state index in [2.05, 4.69) is 5.32 Å². The molecule has 110 valence electrons. The Balaban J connectivity index is -0.00000112. The minimum absolute atomic E-state index is 0. The van der Waals surface area contributed by atoms with Crippen LogP contribution in [0.4, 0.5) is 4.79 Å². The molecule has 18 heavy (non-hydrogen) atoms. The zero-order valence-corrected chi connectivity index (χ0v) is 12.4. The van der Waals surface area contributed by atoms with Gasteiger partial charge in [0.25, 0.3) is 0 Å². The van der Waals surface area contributed by atoms with Gasteiger partial charge in [-0.1, -0.05) is 0 Å². The lowest BCUT2D eigenvalue weighted by molar-refractivity contribution is -0.138. The van der Waals surface area contributed by atoms with Gasteiger partial charge in [0.2, 0.25) is 0 Å². The smallest absolute Gasteiger partial charge is 0.407 e. The van der Waals surface area contributed by atoms with Crippen LogP contribution in [0.3, 0.4) is 0 Å². The molecule has 0 aliphatic carbocycles. The monoisotopic (exact) mass is 304 g/mol. The summed E-state index contributed by atoms with van der Waals surface area (Å²) in [4.78, 5) is 21.5. The first-order chi connectivity index (χ1) is 7.22. The van der Waals surface area contributed by atoms with E-state index in [9.17, 15) is 9.59 Å². The lowest BCUT2D eigenvalue weighted by Gasteiger charge is -2.19. The van der Waals surface area contributed by atoms with Gasteiger partial charge >= 0.3 is 12.1 Å². The first kappa shape index (κ1) is 22.5. The number of ether oxygens (including phenoxy) is 1. The van der Waals surface area contributed by atoms with Gasteiger partial charge in [-0.05, 0) is 33.6 Å². The minimum Gasteiger partial charge on any atom is -0.480 e. The number of amides is 1. The average Bonchev–Trinajstić information content (AvgIpc) is 2.08. The molecule has 0 unspecified atom stereocenters. The highest BCUT2D eigenvalue weighted by Gasteiger charge is 2.16. The Morgan fingerprint density at radius 2 is 1.83 bits per heavy atom. The van der Waals surface area contributed by atoms with Crippen LogP contribution < -0.4 is 11.1 Å². The van der Waals surface area contributed by atoms with Crippen LogP contribution >= 0.6 is 24.8 Å². The summed E-state index contributed by atoms with van der Waals surface area (Å²) in [6.45, 7) is 5.67. The molecule has 0 aromatic heterocycles. The summed E-state index contributed by atoms with van der Waals surface area (Å²) in [5.74, 6) is -1.03. The summed E-state index contributed by atoms with van der Waals surface area (Å²) in [6, 6.07) is -0.875. The van der Waals surface area contributed by atoms with Crippen molar-refractivity contribution in [1.82, 2.24) is 5.32 Å². The molecule has 0 spiro atoms. The number of aliphatic carboxylic acids is 1. The summed E-state index contributed by atoms with van der Waals surface area (Å²) in [5.41, 5.74) is 4.77. The maximum absolute atomic E-state index is 11.2. The predicted octanol–water partition coefficient (Wildman–Crippen LogP) is 1.55. The van der Waals surface area contributed by atoms with Gasteiger partial charge in [-0.25, -0.2) is 4.79 Å². The average molecular weight is 305 g/mol. The highest BCUT2D eigenvalue weighted by atomic mass is 35.5. The zero-order valence-electron chi connectivity index (χ0n) is 10.8. The van der Waals surface area contributed by atoms with Crippen molar-refractivity contribution in [3.05, 3.63) is 0 Å². The van der Waals surface area contributed by atoms with Gasteiger partial charge in [0.15, 0.2) is 0 Å². The van der Waals surface area contributed by atoms with Crippen LogP contribution in [0.2, 0.25) is 0 Å². The molecule has 0 saturated heterocycles. The molecule has 0 aromatic carbocycles. The van der Waals surface area contributed by atoms with Crippen molar-refractivity contribution >= 4 is 36.9 Å². The lowest BCUT2D eigenvalue weighted by atomic mass is 10.2. The summed E-state index contributed by atoms with van der Waals surface area (Å²) >= 11 is 0. The highest BCUT2D eigenvalue weighted by Crippen LogP contribution is 2.06. The fraction of sp³-hybridized carbons (Fsp3) is 0.800. The number of carbonyl (C=O) groups is 2. The van der Waals surface area contributed by atoms with Gasteiger partial charge in [0, 0.05) is 6.54 Å². The van der Waals surface area contributed by atoms with E-state index in [0.717, 1.165) is 0 Å². The molecule has 0 rings (SSSR count). The molecule has 8 heteroatoms. The van der Waals surface area contributed by atoms with Crippen LogP contribution in [-0.4, -0.2) is 35.4 Å². The number of hydrogen-bond acceptors (Lipinski definition) is 4. The Kier molecular flexibility index (Phi) is 12.8. The van der Waals surface area contributed by atoms with Crippen molar-refractivity contribution in [3.8, 4) is 0 Å². The third-order valence-corrected chi connectivity index (χ3v) is 1.68. The Labute approximate surface area is 119 Å². The van der Waals surface area contributed by atoms with Crippen molar-refractivity contribution in [3.63, 3.8) is 0 Å². The maximum atomic E-state index is 11.2. The number of nitrogens with two attached hydrogens (primary N) is 1. The normalized spacial score (nSPS) is 11.6. The van der Waals surface area contributed by atoms with Crippen LogP contribution in [0.15, 0.2) is 0 Å². The number of carbonyl (C=O) groups excluding carboxylic acids is 1. The van der Waals surface area contributed by atoms with Crippen molar-refractivity contribution < 1.29 is 19.4 Å². The van der Waals surface area contributed by atoms with E-state index in [1.807, 2.05) is 0 Å². The lowest BCUT2D eigenvalue weighted by Crippen LogP contribution is -2.34. The Hall–Kier alpha value is -0.720. The van der Waals surface area contributed by atoms with Gasteiger partial charge in [-0.3, -0.25) is 4.79 Å². The molecule has 4 N–H and O–H groups in total. The van der Waals surface area contributed by atoms with E-state index in [0.29, 0.717) is 19.4 Å². The van der Waals surface area contributed by atoms with E-state index < -0.39 is 23.7 Å². The van der Waals surface area contributed by atoms with E-state index in [-0.39, 0.29) is 24.8 Å². The molecule has 0 saturated carbocycles. The number of carboxylic acid groups (broad SMARTS) is 1. The molecular formula is C10H22Cl2N2O4. The molecule has 0 aliphatic rings. The fourth-order valence-corrected chi connectivity index (χ4v) is 0.950. The van der Waals surface area contributed by atoms with Crippen LogP contribution in [0, 0.1) is 0 Å². The van der Waals surface area contributed by atoms with Crippen molar-refractivity contribution in [2.75, 3.05) is 6.54 Å². The van der Waals surface area contributed by atoms with Gasteiger partial charge in [0.05, 0.1) is 0 Å². The molecule has 0 radical (unpaired) electrons. The van der Waals surface area contributed by atoms with E-state index in [1.165, 1.54) is 0 Å². The second kappa shape index (κ2) is 10.2. The fourth-order valence-electron chi connectivity index (χ4n) is 0.950. The molecule has 0 aliphatic heterocycles. The number of halogens is 2. The topological polar surface area (TPSA) is 102 Å². The van der Waals surface area contributed by atoms with Crippen LogP contribution in [0.1, 0.15) is 33.6 Å². The number of hydrogen-bond donors (Lipinski definition) is 3. The second-order valence-electron chi connectivity index (χ2n) is 4.52. The third kappa shape index (κ3) is 13.3. The first-order valence-corrected chi connectivity index (χ1v) is 5.17. The largest absolute Gasteiger partial charge is 0.480 e. The van der Waals surface area contributed by atoms with E-state index in [4.69, 9.17) is 15.6 Å². The zero-order chi connectivity index (χ0) is 12.8. The summed E-state index contributed by atoms with van der Waals surface area (Å²) in [7, 11) is 0. The molecule has 0 heterocycles. The minimum atomic E-state index is -1.03. The Morgan fingerprint density at radius 3 is 2.22 bits per heavy atom. The number of alkyl carbamates (subject to hydrolysis) is 1. The molecule has 0 fully saturated rings. The highest BCUT2D eigenvalue weighted by molar-refractivity contribution is 5.85. The maximum Gasteiger partial charge on any atom is 0.407 e. The molecule has 0 bridgehead atoms. The third-order valence-electron chi connectivity index (χ3n) is 1.68. The SMILES string of the molecule is CC(C)(C)OC(=O)NCCC[C@H](N)C(=O)O.Cl.Cl. The summed E-state index contributed by atoms with van der Waals surface area (Å²) in [6.07, 6.45) is 0.328. The molecule has 1 amide bonds. The summed E-state index contributed by atoms with van der Waals surface area (Å²) in [5, 5.41) is 11.0. The standard InChI is InChI=1S/C10H20N2O4.2ClH/c1-10(2,3)16-9(15)12-6-4-5-7(11)8(13)14;;/h7H,4-6,11H2,1-3H3,(H,12,15)(H,13,14);2*1H/t7-;;/m0../s1. The molecule has 6 nitrogen and oxygen atoms in total. The van der Waals surface area contributed by atoms with Crippen molar-refractivity contribution in [1.29, 1.82) is 0 Å². The molecule has 0 aromatic rings. The van der Waals surface area contributed by atoms with Gasteiger partial charge in [0.1, 0.15) is 11.6 Å². The van der Waals surface area contributed by atoms with Crippen molar-refractivity contribution in [2.45, 2.75) is 45.3 Å². The van der Waals surface area contributed by atoms with Crippen LogP contribution in [-0.2, 0) is 9.53 Å². The summed E-state index contributed by atoms with van der Waals surface area (Å²) < 4.78 is 4.99. The number of rotatable bonds is 5. The Bertz CT molecular complexity index is 257. The van der Waals surface area contributed by atoms with Gasteiger partial charge in [-0.15, -0.1) is 24.8 Å². The van der Waals surface area contributed by atoms with Crippen LogP contribution in [0.5, 0.6) is 0 Å². The molecule has 1 atom stereocenters. The predicted molar refractivity (Wildman–Crippen MR) is 73.6 cm³/mol. The Morgan fingerprint density at radius 1 is 1.33 bits per heavy atom. The van der Waals surface area contributed by atoms with E-state index >= 15 is 0 Å². The number of carboxylic acids is 1. The number of nitrogens with one attached hydrogen (secondary N) is 1. The van der Waals surface area contributed by atoms with Gasteiger partial charge in [-0.2, -0.15) is 0 Å². The second-order valence-corrected chi connectivity index (χ2v) is 4.52. The van der Waals surface area contributed by atoms with E-state index in [1.54, 1.807) is 20.8 Å². The first-order valence-electron chi connectivity index (χ1n) is 5.17. The van der Waals surface area contributed by atoms with Crippen LogP contribution in [0.25, 0.3) is 0 Å². The van der Waals surface area contributed by atoms with Gasteiger partial charge < -0.3 is 20.9 Å². The quantitative estimate of drug-likeness (QED) is 0.669. The van der Waals surface area contributed by atoms with Crippen molar-refractivity contribution in [2.24, 2.45) is 5.73 Å².